The zero-order valence-electron chi connectivity index (χ0n) is 20.8. The van der Waals surface area contributed by atoms with Crippen LogP contribution in [-0.4, -0.2) is 35.6 Å². The number of carbonyl (C=O) groups is 2. The van der Waals surface area contributed by atoms with Crippen LogP contribution in [0.3, 0.4) is 0 Å². The first-order valence-electron chi connectivity index (χ1n) is 12.0. The Morgan fingerprint density at radius 1 is 1.14 bits per heavy atom. The summed E-state index contributed by atoms with van der Waals surface area (Å²) in [6, 6.07) is 11.8. The van der Waals surface area contributed by atoms with Crippen LogP contribution in [-0.2, 0) is 16.1 Å². The van der Waals surface area contributed by atoms with Crippen molar-refractivity contribution >= 4 is 34.6 Å². The van der Waals surface area contributed by atoms with Crippen molar-refractivity contribution in [3.8, 4) is 0 Å². The van der Waals surface area contributed by atoms with Crippen molar-refractivity contribution in [1.82, 2.24) is 10.3 Å². The molecule has 0 saturated heterocycles. The van der Waals surface area contributed by atoms with E-state index in [2.05, 4.69) is 20.9 Å². The number of nitrogens with two attached hydrogens (primary N) is 1. The Kier molecular flexibility index (Phi) is 9.40. The third-order valence-electron chi connectivity index (χ3n) is 5.38. The summed E-state index contributed by atoms with van der Waals surface area (Å²) in [5.74, 6) is -0.411. The van der Waals surface area contributed by atoms with Crippen molar-refractivity contribution in [2.75, 3.05) is 17.2 Å². The van der Waals surface area contributed by atoms with E-state index in [1.165, 1.54) is 0 Å². The number of ether oxygens (including phenoxy) is 1. The molecule has 2 aromatic carbocycles. The van der Waals surface area contributed by atoms with Crippen molar-refractivity contribution in [3.63, 3.8) is 0 Å². The van der Waals surface area contributed by atoms with Crippen LogP contribution in [0.4, 0.5) is 16.5 Å². The van der Waals surface area contributed by atoms with Crippen LogP contribution < -0.4 is 27.3 Å². The molecule has 192 valence electrons. The number of nitrogens with one attached hydrogen (secondary N) is 3. The number of aromatic nitrogens is 1. The summed E-state index contributed by atoms with van der Waals surface area (Å²) >= 11 is 0. The predicted octanol–water partition coefficient (Wildman–Crippen LogP) is 3.68. The van der Waals surface area contributed by atoms with Gasteiger partial charge in [0.15, 0.2) is 0 Å². The quantitative estimate of drug-likeness (QED) is 0.294. The Morgan fingerprint density at radius 3 is 2.58 bits per heavy atom. The normalized spacial score (nSPS) is 11.8. The number of rotatable bonds is 11. The van der Waals surface area contributed by atoms with E-state index in [1.54, 1.807) is 19.1 Å². The van der Waals surface area contributed by atoms with Gasteiger partial charge in [-0.1, -0.05) is 30.3 Å². The van der Waals surface area contributed by atoms with Gasteiger partial charge in [0.05, 0.1) is 10.9 Å². The standard InChI is InChI=1S/C26H33N5O5/c1-16(2)28-25-30-21-14-19(13-17(3)22(21)24(33)36-25)29-23(32)20(11-7-8-12-27)31-26(34)35-15-18-9-5-4-6-10-18/h4-6,9-10,13-14,16,20H,7-8,11-12,15,27H2,1-3H3,(H,28,30)(H,29,32)(H,31,34)/t20-/m0/s1. The minimum absolute atomic E-state index is 0.0177. The molecule has 5 N–H and O–H groups in total. The number of hydrogen-bond acceptors (Lipinski definition) is 8. The molecule has 1 atom stereocenters. The number of alkyl carbamates (subject to hydrolysis) is 1. The highest BCUT2D eigenvalue weighted by Crippen LogP contribution is 2.22. The SMILES string of the molecule is Cc1cc(NC(=O)[C@H](CCCCN)NC(=O)OCc2ccccc2)cc2nc(NC(C)C)oc(=O)c12. The summed E-state index contributed by atoms with van der Waals surface area (Å²) in [6.45, 7) is 6.11. The summed E-state index contributed by atoms with van der Waals surface area (Å²) in [5.41, 5.74) is 7.36. The molecule has 0 aliphatic rings. The molecule has 1 heterocycles. The topological polar surface area (TPSA) is 149 Å². The zero-order chi connectivity index (χ0) is 26.1. The van der Waals surface area contributed by atoms with E-state index in [9.17, 15) is 14.4 Å². The number of amides is 2. The second-order valence-electron chi connectivity index (χ2n) is 8.83. The van der Waals surface area contributed by atoms with Crippen LogP contribution in [0.5, 0.6) is 0 Å². The van der Waals surface area contributed by atoms with Crippen molar-refractivity contribution in [3.05, 3.63) is 64.0 Å². The van der Waals surface area contributed by atoms with Gasteiger partial charge in [-0.15, -0.1) is 0 Å². The van der Waals surface area contributed by atoms with E-state index >= 15 is 0 Å². The molecule has 36 heavy (non-hydrogen) atoms. The third-order valence-corrected chi connectivity index (χ3v) is 5.38. The Morgan fingerprint density at radius 2 is 1.89 bits per heavy atom. The van der Waals surface area contributed by atoms with Crippen molar-refractivity contribution in [2.24, 2.45) is 5.73 Å². The fourth-order valence-electron chi connectivity index (χ4n) is 3.67. The molecule has 0 aliphatic heterocycles. The lowest BCUT2D eigenvalue weighted by Gasteiger charge is -2.19. The number of carbonyl (C=O) groups excluding carboxylic acids is 2. The molecular weight excluding hydrogens is 462 g/mol. The number of hydrogen-bond donors (Lipinski definition) is 4. The molecule has 10 heteroatoms. The summed E-state index contributed by atoms with van der Waals surface area (Å²) in [7, 11) is 0. The maximum Gasteiger partial charge on any atom is 0.408 e. The molecule has 10 nitrogen and oxygen atoms in total. The minimum atomic E-state index is -0.831. The van der Waals surface area contributed by atoms with Crippen LogP contribution in [0, 0.1) is 6.92 Å². The minimum Gasteiger partial charge on any atom is -0.445 e. The Hall–Kier alpha value is -3.92. The molecule has 0 radical (unpaired) electrons. The zero-order valence-corrected chi connectivity index (χ0v) is 20.8. The van der Waals surface area contributed by atoms with Gasteiger partial charge in [-0.3, -0.25) is 4.79 Å². The molecule has 0 fully saturated rings. The lowest BCUT2D eigenvalue weighted by molar-refractivity contribution is -0.118. The van der Waals surface area contributed by atoms with Crippen molar-refractivity contribution in [1.29, 1.82) is 0 Å². The lowest BCUT2D eigenvalue weighted by Crippen LogP contribution is -2.44. The summed E-state index contributed by atoms with van der Waals surface area (Å²) < 4.78 is 10.5. The van der Waals surface area contributed by atoms with Crippen molar-refractivity contribution < 1.29 is 18.7 Å². The van der Waals surface area contributed by atoms with Gasteiger partial charge in [0.2, 0.25) is 5.91 Å². The van der Waals surface area contributed by atoms with Gasteiger partial charge < -0.3 is 30.8 Å². The molecule has 2 amide bonds. The number of unbranched alkanes of at least 4 members (excludes halogenated alkanes) is 1. The molecule has 0 unspecified atom stereocenters. The summed E-state index contributed by atoms with van der Waals surface area (Å²) in [5, 5.41) is 8.79. The average molecular weight is 496 g/mol. The number of aryl methyl sites for hydroxylation is 1. The maximum absolute atomic E-state index is 13.1. The van der Waals surface area contributed by atoms with Gasteiger partial charge in [-0.05, 0) is 69.8 Å². The van der Waals surface area contributed by atoms with Crippen LogP contribution in [0.1, 0.15) is 44.2 Å². The first-order chi connectivity index (χ1) is 17.3. The summed E-state index contributed by atoms with van der Waals surface area (Å²) in [6.07, 6.45) is 1.06. The largest absolute Gasteiger partial charge is 0.445 e. The lowest BCUT2D eigenvalue weighted by atomic mass is 10.1. The van der Waals surface area contributed by atoms with Crippen LogP contribution in [0.25, 0.3) is 10.9 Å². The first kappa shape index (κ1) is 26.7. The second-order valence-corrected chi connectivity index (χ2v) is 8.83. The highest BCUT2D eigenvalue weighted by atomic mass is 16.5. The second kappa shape index (κ2) is 12.7. The van der Waals surface area contributed by atoms with Crippen LogP contribution in [0.15, 0.2) is 51.7 Å². The van der Waals surface area contributed by atoms with E-state index in [0.29, 0.717) is 48.0 Å². The molecule has 3 aromatic rings. The van der Waals surface area contributed by atoms with Crippen molar-refractivity contribution in [2.45, 2.75) is 58.7 Å². The van der Waals surface area contributed by atoms with E-state index in [1.807, 2.05) is 44.2 Å². The Bertz CT molecular complexity index is 1240. The van der Waals surface area contributed by atoms with Gasteiger partial charge in [-0.25, -0.2) is 9.59 Å². The fourth-order valence-corrected chi connectivity index (χ4v) is 3.67. The molecular formula is C26H33N5O5. The smallest absolute Gasteiger partial charge is 0.408 e. The average Bonchev–Trinajstić information content (AvgIpc) is 2.82. The molecule has 3 rings (SSSR count). The van der Waals surface area contributed by atoms with Crippen LogP contribution >= 0.6 is 0 Å². The van der Waals surface area contributed by atoms with E-state index in [0.717, 1.165) is 5.56 Å². The van der Waals surface area contributed by atoms with E-state index in [-0.39, 0.29) is 18.7 Å². The number of fused-ring (bicyclic) bond motifs is 1. The van der Waals surface area contributed by atoms with Gasteiger partial charge in [0.1, 0.15) is 12.6 Å². The van der Waals surface area contributed by atoms with Gasteiger partial charge in [0.25, 0.3) is 6.01 Å². The molecule has 0 bridgehead atoms. The predicted molar refractivity (Wildman–Crippen MR) is 139 cm³/mol. The monoisotopic (exact) mass is 495 g/mol. The number of benzene rings is 2. The maximum atomic E-state index is 13.1. The van der Waals surface area contributed by atoms with Crippen LogP contribution in [0.2, 0.25) is 0 Å². The molecule has 0 saturated carbocycles. The summed E-state index contributed by atoms with van der Waals surface area (Å²) in [4.78, 5) is 42.4. The van der Waals surface area contributed by atoms with Gasteiger partial charge in [0, 0.05) is 11.7 Å². The first-order valence-corrected chi connectivity index (χ1v) is 12.0. The van der Waals surface area contributed by atoms with Gasteiger partial charge >= 0.3 is 11.7 Å². The fraction of sp³-hybridized carbons (Fsp3) is 0.385. The van der Waals surface area contributed by atoms with Gasteiger partial charge in [-0.2, -0.15) is 4.98 Å². The molecule has 0 aliphatic carbocycles. The molecule has 0 spiro atoms. The van der Waals surface area contributed by atoms with E-state index in [4.69, 9.17) is 14.9 Å². The Labute approximate surface area is 209 Å². The third kappa shape index (κ3) is 7.54. The highest BCUT2D eigenvalue weighted by Gasteiger charge is 2.22. The number of anilines is 2. The van der Waals surface area contributed by atoms with E-state index < -0.39 is 23.7 Å². The number of nitrogens with zero attached hydrogens (tertiary/aromatic N) is 1. The molecule has 1 aromatic heterocycles. The highest BCUT2D eigenvalue weighted by molar-refractivity contribution is 5.98. The Balaban J connectivity index is 1.75.